The quantitative estimate of drug-likeness (QED) is 0.0274. The van der Waals surface area contributed by atoms with E-state index >= 15 is 0 Å². The van der Waals surface area contributed by atoms with Crippen LogP contribution in [0.1, 0.15) is 199 Å². The largest absolute Gasteiger partial charge is 0.493 e. The van der Waals surface area contributed by atoms with Crippen molar-refractivity contribution in [2.45, 2.75) is 200 Å². The monoisotopic (exact) mass is 894 g/mol. The molecule has 0 aliphatic rings. The fourth-order valence-corrected chi connectivity index (χ4v) is 6.81. The standard InChI is InChI=1S/C55H91NO8/c1-5-7-9-11-13-15-17-19-21-23-25-27-29-31-33-39-53(57)62-43-37-35-41-60-51-45-50(49-64-55(59)48-56(3)4)46-52(47-51)61-42-36-38-44-63-54(58)40-34-32-30-28-26-24-22-20-18-16-14-12-10-8-6-2/h13-16,19-22,45-47H,5-12,17-18,23-44,48-49H2,1-4H3. The number of allylic oxidation sites excluding steroid dienone is 8. The highest BCUT2D eigenvalue weighted by molar-refractivity contribution is 5.71. The van der Waals surface area contributed by atoms with Gasteiger partial charge in [-0.3, -0.25) is 19.3 Å². The molecule has 364 valence electrons. The topological polar surface area (TPSA) is 101 Å². The molecule has 0 N–H and O–H groups in total. The van der Waals surface area contributed by atoms with Crippen molar-refractivity contribution in [1.29, 1.82) is 0 Å². The van der Waals surface area contributed by atoms with E-state index in [2.05, 4.69) is 62.5 Å². The van der Waals surface area contributed by atoms with Crippen LogP contribution in [0.2, 0.25) is 0 Å². The Kier molecular flexibility index (Phi) is 40.3. The van der Waals surface area contributed by atoms with Gasteiger partial charge in [-0.25, -0.2) is 0 Å². The molecule has 0 radical (unpaired) electrons. The minimum atomic E-state index is -0.311. The lowest BCUT2D eigenvalue weighted by Gasteiger charge is -2.14. The number of rotatable bonds is 44. The summed E-state index contributed by atoms with van der Waals surface area (Å²) in [5.41, 5.74) is 0.768. The summed E-state index contributed by atoms with van der Waals surface area (Å²) < 4.78 is 28.5. The van der Waals surface area contributed by atoms with E-state index in [-0.39, 0.29) is 31.1 Å². The third-order valence-corrected chi connectivity index (χ3v) is 10.6. The molecule has 0 fully saturated rings. The number of nitrogens with zero attached hydrogens (tertiary/aromatic N) is 1. The normalized spacial score (nSPS) is 11.8. The summed E-state index contributed by atoms with van der Waals surface area (Å²) in [6.07, 6.45) is 47.5. The van der Waals surface area contributed by atoms with Gasteiger partial charge in [0.15, 0.2) is 0 Å². The third-order valence-electron chi connectivity index (χ3n) is 10.6. The first kappa shape index (κ1) is 58.2. The van der Waals surface area contributed by atoms with Crippen LogP contribution in [0.3, 0.4) is 0 Å². The van der Waals surface area contributed by atoms with Crippen molar-refractivity contribution in [2.24, 2.45) is 0 Å². The van der Waals surface area contributed by atoms with E-state index in [1.54, 1.807) is 4.90 Å². The molecule has 0 aliphatic carbocycles. The van der Waals surface area contributed by atoms with Gasteiger partial charge in [0.25, 0.3) is 0 Å². The van der Waals surface area contributed by atoms with E-state index in [1.807, 2.05) is 32.3 Å². The van der Waals surface area contributed by atoms with Gasteiger partial charge in [0.05, 0.1) is 33.0 Å². The van der Waals surface area contributed by atoms with Crippen LogP contribution in [0.5, 0.6) is 11.5 Å². The lowest BCUT2D eigenvalue weighted by atomic mass is 10.1. The molecule has 9 heteroatoms. The van der Waals surface area contributed by atoms with Crippen molar-refractivity contribution < 1.29 is 38.1 Å². The van der Waals surface area contributed by atoms with Gasteiger partial charge in [-0.1, -0.05) is 127 Å². The number of ether oxygens (including phenoxy) is 5. The van der Waals surface area contributed by atoms with Crippen LogP contribution in [0.15, 0.2) is 66.8 Å². The van der Waals surface area contributed by atoms with Crippen LogP contribution in [0.25, 0.3) is 0 Å². The predicted octanol–water partition coefficient (Wildman–Crippen LogP) is 14.3. The molecule has 0 spiro atoms. The Labute approximate surface area is 390 Å². The van der Waals surface area contributed by atoms with E-state index in [9.17, 15) is 14.4 Å². The molecule has 1 aromatic rings. The van der Waals surface area contributed by atoms with Crippen molar-refractivity contribution in [2.75, 3.05) is 47.1 Å². The lowest BCUT2D eigenvalue weighted by Crippen LogP contribution is -2.23. The Bertz CT molecular complexity index is 1310. The summed E-state index contributed by atoms with van der Waals surface area (Å²) in [5, 5.41) is 0. The van der Waals surface area contributed by atoms with E-state index < -0.39 is 0 Å². The van der Waals surface area contributed by atoms with Gasteiger partial charge in [0, 0.05) is 18.9 Å². The highest BCUT2D eigenvalue weighted by atomic mass is 16.5. The first-order valence-corrected chi connectivity index (χ1v) is 25.4. The molecule has 0 aliphatic heterocycles. The van der Waals surface area contributed by atoms with Crippen molar-refractivity contribution in [3.63, 3.8) is 0 Å². The molecule has 0 aromatic heterocycles. The number of carbonyl (C=O) groups excluding carboxylic acids is 3. The first-order chi connectivity index (χ1) is 31.3. The molecule has 9 nitrogen and oxygen atoms in total. The molecule has 0 saturated carbocycles. The summed E-state index contributed by atoms with van der Waals surface area (Å²) >= 11 is 0. The Morgan fingerprint density at radius 2 is 0.828 bits per heavy atom. The number of likely N-dealkylation sites (N-methyl/N-ethyl adjacent to an activating group) is 1. The van der Waals surface area contributed by atoms with E-state index in [4.69, 9.17) is 23.7 Å². The molecule has 0 saturated heterocycles. The minimum absolute atomic E-state index is 0.107. The summed E-state index contributed by atoms with van der Waals surface area (Å²) in [6, 6.07) is 5.55. The van der Waals surface area contributed by atoms with Crippen LogP contribution < -0.4 is 9.47 Å². The van der Waals surface area contributed by atoms with Gasteiger partial charge in [-0.15, -0.1) is 0 Å². The summed E-state index contributed by atoms with van der Waals surface area (Å²) in [4.78, 5) is 38.4. The molecule has 64 heavy (non-hydrogen) atoms. The van der Waals surface area contributed by atoms with Gasteiger partial charge < -0.3 is 23.7 Å². The molecule has 1 aromatic carbocycles. The highest BCUT2D eigenvalue weighted by Crippen LogP contribution is 2.25. The Morgan fingerprint density at radius 1 is 0.438 bits per heavy atom. The summed E-state index contributed by atoms with van der Waals surface area (Å²) in [5.74, 6) is 0.674. The second-order valence-electron chi connectivity index (χ2n) is 17.2. The first-order valence-electron chi connectivity index (χ1n) is 25.4. The van der Waals surface area contributed by atoms with Crippen LogP contribution in [-0.2, 0) is 35.2 Å². The van der Waals surface area contributed by atoms with Crippen LogP contribution in [-0.4, -0.2) is 69.9 Å². The Morgan fingerprint density at radius 3 is 1.25 bits per heavy atom. The van der Waals surface area contributed by atoms with Gasteiger partial charge in [0.1, 0.15) is 18.1 Å². The zero-order valence-corrected chi connectivity index (χ0v) is 41.1. The van der Waals surface area contributed by atoms with E-state index in [0.717, 1.165) is 82.6 Å². The zero-order valence-electron chi connectivity index (χ0n) is 41.1. The molecule has 0 unspecified atom stereocenters. The van der Waals surface area contributed by atoms with Gasteiger partial charge in [0.2, 0.25) is 0 Å². The second kappa shape index (κ2) is 44.4. The van der Waals surface area contributed by atoms with E-state index in [1.165, 1.54) is 77.0 Å². The zero-order chi connectivity index (χ0) is 46.4. The third kappa shape index (κ3) is 39.7. The summed E-state index contributed by atoms with van der Waals surface area (Å²) in [6.45, 7) is 6.44. The average Bonchev–Trinajstić information content (AvgIpc) is 3.27. The molecule has 0 heterocycles. The van der Waals surface area contributed by atoms with Crippen molar-refractivity contribution in [3.8, 4) is 11.5 Å². The number of hydrogen-bond donors (Lipinski definition) is 0. The maximum Gasteiger partial charge on any atom is 0.320 e. The lowest BCUT2D eigenvalue weighted by molar-refractivity contribution is -0.146. The molecule has 0 bridgehead atoms. The highest BCUT2D eigenvalue weighted by Gasteiger charge is 2.10. The predicted molar refractivity (Wildman–Crippen MR) is 265 cm³/mol. The smallest absolute Gasteiger partial charge is 0.320 e. The molecular formula is C55H91NO8. The maximum absolute atomic E-state index is 12.2. The maximum atomic E-state index is 12.2. The summed E-state index contributed by atoms with van der Waals surface area (Å²) in [7, 11) is 3.64. The molecule has 0 amide bonds. The van der Waals surface area contributed by atoms with Crippen molar-refractivity contribution in [3.05, 3.63) is 72.4 Å². The minimum Gasteiger partial charge on any atom is -0.493 e. The fraction of sp³-hybridized carbons (Fsp3) is 0.691. The van der Waals surface area contributed by atoms with Crippen LogP contribution in [0.4, 0.5) is 0 Å². The van der Waals surface area contributed by atoms with Gasteiger partial charge in [-0.05, 0) is 135 Å². The SMILES string of the molecule is CCCCCC=CCC=CCCCCCCCC(=O)OCCCCOc1cc(COC(=O)CN(C)C)cc(OCCCCOC(=O)CCCCCCCC=CCC=CCCCCC)c1. The number of benzene rings is 1. The Balaban J connectivity index is 2.24. The molecular weight excluding hydrogens is 803 g/mol. The van der Waals surface area contributed by atoms with Gasteiger partial charge in [-0.2, -0.15) is 0 Å². The number of hydrogen-bond acceptors (Lipinski definition) is 9. The molecule has 0 atom stereocenters. The van der Waals surface area contributed by atoms with E-state index in [0.29, 0.717) is 63.6 Å². The molecule has 1 rings (SSSR count). The second-order valence-corrected chi connectivity index (χ2v) is 17.2. The van der Waals surface area contributed by atoms with Crippen molar-refractivity contribution in [1.82, 2.24) is 4.90 Å². The number of unbranched alkanes of at least 4 members (excludes halogenated alkanes) is 18. The van der Waals surface area contributed by atoms with Crippen LogP contribution in [0, 0.1) is 0 Å². The average molecular weight is 894 g/mol. The van der Waals surface area contributed by atoms with Crippen molar-refractivity contribution >= 4 is 17.9 Å². The Hall–Kier alpha value is -3.85. The van der Waals surface area contributed by atoms with Gasteiger partial charge >= 0.3 is 17.9 Å². The number of esters is 3. The fourth-order valence-electron chi connectivity index (χ4n) is 6.81. The number of carbonyl (C=O) groups is 3. The van der Waals surface area contributed by atoms with Crippen LogP contribution >= 0.6 is 0 Å².